The fourth-order valence-corrected chi connectivity index (χ4v) is 4.71. The van der Waals surface area contributed by atoms with E-state index in [4.69, 9.17) is 0 Å². The molecule has 1 saturated heterocycles. The Morgan fingerprint density at radius 1 is 0.667 bits per heavy atom. The molecule has 0 unspecified atom stereocenters. The summed E-state index contributed by atoms with van der Waals surface area (Å²) in [5.41, 5.74) is 4.55. The van der Waals surface area contributed by atoms with Crippen molar-refractivity contribution in [2.45, 2.75) is 19.3 Å². The topological polar surface area (TPSA) is 43.9 Å². The number of para-hydroxylation sites is 3. The number of benzene rings is 3. The third kappa shape index (κ3) is 3.24. The Hall–Kier alpha value is -4.12. The third-order valence-electron chi connectivity index (χ3n) is 6.40. The largest absolute Gasteiger partial charge is 0.347 e. The summed E-state index contributed by atoms with van der Waals surface area (Å²) in [6.45, 7) is 4.31. The van der Waals surface area contributed by atoms with E-state index in [9.17, 15) is 9.59 Å². The molecule has 2 aliphatic rings. The van der Waals surface area contributed by atoms with Crippen LogP contribution in [0.4, 0.5) is 17.1 Å². The fourth-order valence-electron chi connectivity index (χ4n) is 4.71. The summed E-state index contributed by atoms with van der Waals surface area (Å²) in [5, 5.41) is 2.89. The lowest BCUT2D eigenvalue weighted by molar-refractivity contribution is -0.116. The van der Waals surface area contributed by atoms with Crippen molar-refractivity contribution >= 4 is 28.9 Å². The van der Waals surface area contributed by atoms with Gasteiger partial charge in [0.15, 0.2) is 0 Å². The molecule has 2 aliphatic heterocycles. The van der Waals surface area contributed by atoms with E-state index >= 15 is 0 Å². The van der Waals surface area contributed by atoms with Gasteiger partial charge in [0.25, 0.3) is 11.8 Å². The molecule has 2 amide bonds. The van der Waals surface area contributed by atoms with Gasteiger partial charge in [0.05, 0.1) is 11.4 Å². The Balaban J connectivity index is 1.59. The first-order chi connectivity index (χ1) is 15.9. The fraction of sp³-hybridized carbons (Fsp3) is 0.143. The first kappa shape index (κ1) is 20.8. The molecule has 33 heavy (non-hydrogen) atoms. The van der Waals surface area contributed by atoms with Crippen molar-refractivity contribution in [3.63, 3.8) is 0 Å². The van der Waals surface area contributed by atoms with Gasteiger partial charge in [0.1, 0.15) is 5.57 Å². The van der Waals surface area contributed by atoms with E-state index in [1.165, 1.54) is 15.6 Å². The number of carbonyl (C=O) groups excluding carboxylic acids is 2. The minimum absolute atomic E-state index is 0.135. The van der Waals surface area contributed by atoms with Gasteiger partial charge in [-0.25, -0.2) is 10.0 Å². The molecule has 3 aromatic rings. The van der Waals surface area contributed by atoms with Crippen LogP contribution in [0.25, 0.3) is 0 Å². The van der Waals surface area contributed by atoms with Gasteiger partial charge in [-0.15, -0.1) is 0 Å². The molecule has 0 bridgehead atoms. The van der Waals surface area contributed by atoms with Crippen molar-refractivity contribution in [1.82, 2.24) is 0 Å². The molecule has 5 heteroatoms. The van der Waals surface area contributed by atoms with Crippen LogP contribution in [0.15, 0.2) is 108 Å². The number of rotatable bonds is 3. The highest BCUT2D eigenvalue weighted by molar-refractivity contribution is 6.36. The highest BCUT2D eigenvalue weighted by Crippen LogP contribution is 2.46. The number of anilines is 3. The molecule has 0 spiro atoms. The third-order valence-corrected chi connectivity index (χ3v) is 6.40. The Morgan fingerprint density at radius 3 is 1.67 bits per heavy atom. The Labute approximate surface area is 193 Å². The molecule has 0 aromatic heterocycles. The van der Waals surface area contributed by atoms with Gasteiger partial charge in [-0.05, 0) is 48.0 Å². The summed E-state index contributed by atoms with van der Waals surface area (Å²) < 4.78 is 0. The zero-order chi connectivity index (χ0) is 23.2. The minimum Gasteiger partial charge on any atom is -0.347 e. The second-order valence-electron chi connectivity index (χ2n) is 8.74. The van der Waals surface area contributed by atoms with E-state index in [0.29, 0.717) is 11.4 Å². The smallest absolute Gasteiger partial charge is 0.283 e. The number of carbonyl (C=O) groups is 2. The van der Waals surface area contributed by atoms with E-state index in [1.807, 2.05) is 85.9 Å². The van der Waals surface area contributed by atoms with Crippen LogP contribution in [-0.4, -0.2) is 18.9 Å². The predicted molar refractivity (Wildman–Crippen MR) is 132 cm³/mol. The number of fused-ring (bicyclic) bond motifs is 1. The van der Waals surface area contributed by atoms with E-state index in [1.54, 1.807) is 6.08 Å². The normalized spacial score (nSPS) is 18.3. The van der Waals surface area contributed by atoms with Gasteiger partial charge < -0.3 is 4.90 Å². The van der Waals surface area contributed by atoms with Crippen LogP contribution in [0.3, 0.4) is 0 Å². The van der Waals surface area contributed by atoms with Crippen LogP contribution < -0.4 is 14.9 Å². The van der Waals surface area contributed by atoms with Crippen molar-refractivity contribution in [2.75, 3.05) is 22.0 Å². The summed E-state index contributed by atoms with van der Waals surface area (Å²) >= 11 is 0. The molecule has 5 rings (SSSR count). The Morgan fingerprint density at radius 2 is 1.15 bits per heavy atom. The monoisotopic (exact) mass is 435 g/mol. The maximum absolute atomic E-state index is 13.5. The molecular formula is C28H25N3O2. The van der Waals surface area contributed by atoms with Gasteiger partial charge in [0.2, 0.25) is 0 Å². The van der Waals surface area contributed by atoms with E-state index in [-0.39, 0.29) is 22.8 Å². The van der Waals surface area contributed by atoms with Crippen LogP contribution in [0.5, 0.6) is 0 Å². The number of nitrogens with zero attached hydrogens (tertiary/aromatic N) is 3. The number of hydrogen-bond donors (Lipinski definition) is 0. The summed E-state index contributed by atoms with van der Waals surface area (Å²) in [6.07, 6.45) is 3.58. The highest BCUT2D eigenvalue weighted by atomic mass is 16.2. The predicted octanol–water partition coefficient (Wildman–Crippen LogP) is 5.22. The average molecular weight is 436 g/mol. The summed E-state index contributed by atoms with van der Waals surface area (Å²) in [7, 11) is 2.02. The van der Waals surface area contributed by atoms with Gasteiger partial charge in [-0.2, -0.15) is 0 Å². The van der Waals surface area contributed by atoms with Gasteiger partial charge in [0, 0.05) is 23.8 Å². The number of hydrogen-bond acceptors (Lipinski definition) is 3. The first-order valence-electron chi connectivity index (χ1n) is 11.0. The number of amides is 2. The SMILES string of the molecule is CN1C(=CC=C2C(=O)N(c3ccccc3)N(c3ccccc3)C2=O)C(C)(C)c2ccccc21. The number of hydrazine groups is 1. The summed E-state index contributed by atoms with van der Waals surface area (Å²) in [6, 6.07) is 26.8. The van der Waals surface area contributed by atoms with Crippen LogP contribution in [0.1, 0.15) is 19.4 Å². The molecule has 1 fully saturated rings. The second kappa shape index (κ2) is 7.78. The van der Waals surface area contributed by atoms with Gasteiger partial charge in [-0.1, -0.05) is 68.4 Å². The van der Waals surface area contributed by atoms with Crippen LogP contribution in [0.2, 0.25) is 0 Å². The Kier molecular flexibility index (Phi) is 4.90. The van der Waals surface area contributed by atoms with Crippen molar-refractivity contribution in [2.24, 2.45) is 0 Å². The van der Waals surface area contributed by atoms with Gasteiger partial charge in [-0.3, -0.25) is 9.59 Å². The molecule has 164 valence electrons. The maximum atomic E-state index is 13.5. The van der Waals surface area contributed by atoms with Crippen molar-refractivity contribution in [3.8, 4) is 0 Å². The van der Waals surface area contributed by atoms with E-state index in [2.05, 4.69) is 30.9 Å². The van der Waals surface area contributed by atoms with Crippen molar-refractivity contribution in [1.29, 1.82) is 0 Å². The molecule has 3 aromatic carbocycles. The molecule has 0 N–H and O–H groups in total. The number of allylic oxidation sites excluding steroid dienone is 3. The minimum atomic E-state index is -0.345. The lowest BCUT2D eigenvalue weighted by Crippen LogP contribution is -2.41. The van der Waals surface area contributed by atoms with E-state index in [0.717, 1.165) is 11.4 Å². The van der Waals surface area contributed by atoms with Crippen LogP contribution in [-0.2, 0) is 15.0 Å². The number of likely N-dealkylation sites (N-methyl/N-ethyl adjacent to an activating group) is 1. The van der Waals surface area contributed by atoms with Crippen LogP contribution in [0, 0.1) is 0 Å². The van der Waals surface area contributed by atoms with Crippen molar-refractivity contribution < 1.29 is 9.59 Å². The molecule has 0 aliphatic carbocycles. The molecule has 2 heterocycles. The van der Waals surface area contributed by atoms with Crippen molar-refractivity contribution in [3.05, 3.63) is 114 Å². The summed E-state index contributed by atoms with van der Waals surface area (Å²) in [4.78, 5) is 29.2. The molecular weight excluding hydrogens is 410 g/mol. The maximum Gasteiger partial charge on any atom is 0.283 e. The lowest BCUT2D eigenvalue weighted by atomic mass is 9.83. The van der Waals surface area contributed by atoms with Crippen LogP contribution >= 0.6 is 0 Å². The lowest BCUT2D eigenvalue weighted by Gasteiger charge is -2.27. The zero-order valence-electron chi connectivity index (χ0n) is 18.9. The zero-order valence-corrected chi connectivity index (χ0v) is 18.9. The molecule has 0 radical (unpaired) electrons. The molecule has 0 atom stereocenters. The highest BCUT2D eigenvalue weighted by Gasteiger charge is 2.43. The first-order valence-corrected chi connectivity index (χ1v) is 11.0. The molecule has 5 nitrogen and oxygen atoms in total. The van der Waals surface area contributed by atoms with E-state index < -0.39 is 0 Å². The summed E-state index contributed by atoms with van der Waals surface area (Å²) in [5.74, 6) is -0.689. The standard InChI is InChI=1S/C28H25N3O2/c1-28(2)23-16-10-11-17-24(23)29(3)25(28)19-18-22-26(32)30(20-12-6-4-7-13-20)31(27(22)33)21-14-8-5-9-15-21/h4-19H,1-3H3. The average Bonchev–Trinajstić information content (AvgIpc) is 3.20. The Bertz CT molecular complexity index is 1230. The molecule has 0 saturated carbocycles. The second-order valence-corrected chi connectivity index (χ2v) is 8.74. The quantitative estimate of drug-likeness (QED) is 0.419. The van der Waals surface area contributed by atoms with Gasteiger partial charge >= 0.3 is 0 Å².